The van der Waals surface area contributed by atoms with E-state index < -0.39 is 21.1 Å². The third kappa shape index (κ3) is 4.23. The summed E-state index contributed by atoms with van der Waals surface area (Å²) in [5.74, 6) is -0.642. The van der Waals surface area contributed by atoms with Crippen LogP contribution in [0, 0.1) is 5.82 Å². The number of amidine groups is 1. The summed E-state index contributed by atoms with van der Waals surface area (Å²) in [7, 11) is -4.05. The van der Waals surface area contributed by atoms with Gasteiger partial charge >= 0.3 is 0 Å². The highest BCUT2D eigenvalue weighted by Crippen LogP contribution is 2.43. The van der Waals surface area contributed by atoms with Crippen LogP contribution in [-0.2, 0) is 14.8 Å². The molecule has 1 saturated carbocycles. The van der Waals surface area contributed by atoms with Crippen molar-refractivity contribution in [2.24, 2.45) is 4.40 Å². The predicted octanol–water partition coefficient (Wildman–Crippen LogP) is 4.52. The zero-order valence-corrected chi connectivity index (χ0v) is 17.3. The third-order valence-electron chi connectivity index (χ3n) is 5.24. The molecule has 1 amide bonds. The molecule has 2 aliphatic rings. The summed E-state index contributed by atoms with van der Waals surface area (Å²) in [5, 5.41) is -0.305. The maximum Gasteiger partial charge on any atom is 0.284 e. The number of carbonyl (C=O) groups is 1. The first-order chi connectivity index (χ1) is 14.0. The van der Waals surface area contributed by atoms with E-state index in [2.05, 4.69) is 4.40 Å². The van der Waals surface area contributed by atoms with E-state index in [0.717, 1.165) is 49.8 Å². The van der Waals surface area contributed by atoms with Crippen LogP contribution in [0.25, 0.3) is 0 Å². The van der Waals surface area contributed by atoms with E-state index in [0.29, 0.717) is 0 Å². The van der Waals surface area contributed by atoms with Crippen LogP contribution in [0.2, 0.25) is 0 Å². The second kappa shape index (κ2) is 8.28. The third-order valence-corrected chi connectivity index (χ3v) is 7.85. The van der Waals surface area contributed by atoms with Gasteiger partial charge in [0.1, 0.15) is 11.1 Å². The fourth-order valence-electron chi connectivity index (χ4n) is 3.77. The second-order valence-electron chi connectivity index (χ2n) is 7.21. The van der Waals surface area contributed by atoms with Gasteiger partial charge in [-0.15, -0.1) is 4.40 Å². The summed E-state index contributed by atoms with van der Waals surface area (Å²) in [6.07, 6.45) is 4.81. The molecule has 0 spiro atoms. The van der Waals surface area contributed by atoms with Crippen molar-refractivity contribution in [3.8, 4) is 0 Å². The molecule has 2 fully saturated rings. The van der Waals surface area contributed by atoms with E-state index in [1.54, 1.807) is 4.90 Å². The lowest BCUT2D eigenvalue weighted by Crippen LogP contribution is -2.41. The predicted molar refractivity (Wildman–Crippen MR) is 112 cm³/mol. The molecule has 29 heavy (non-hydrogen) atoms. The summed E-state index contributed by atoms with van der Waals surface area (Å²) >= 11 is 1.17. The van der Waals surface area contributed by atoms with Crippen LogP contribution in [0.5, 0.6) is 0 Å². The molecule has 1 heterocycles. The summed E-state index contributed by atoms with van der Waals surface area (Å²) < 4.78 is 42.8. The largest absolute Gasteiger partial charge is 0.286 e. The lowest BCUT2D eigenvalue weighted by molar-refractivity contribution is -0.128. The van der Waals surface area contributed by atoms with Crippen LogP contribution in [0.1, 0.15) is 42.9 Å². The monoisotopic (exact) mass is 432 g/mol. The number of nitrogens with zero attached hydrogens (tertiary/aromatic N) is 2. The van der Waals surface area contributed by atoms with Crippen LogP contribution >= 0.6 is 11.8 Å². The minimum atomic E-state index is -4.05. The Hall–Kier alpha value is -2.19. The SMILES string of the molecule is O=C1[C@@H](c2ccccc2)SC(=NS(=O)(=O)c2ccc(F)cc2)N1C1CCCCC1. The molecule has 2 aromatic rings. The quantitative estimate of drug-likeness (QED) is 0.712. The van der Waals surface area contributed by atoms with Crippen molar-refractivity contribution in [1.82, 2.24) is 4.90 Å². The Bertz CT molecular complexity index is 1020. The van der Waals surface area contributed by atoms with Gasteiger partial charge in [0, 0.05) is 6.04 Å². The van der Waals surface area contributed by atoms with Crippen molar-refractivity contribution >= 4 is 32.9 Å². The Balaban J connectivity index is 1.72. The second-order valence-corrected chi connectivity index (χ2v) is 9.89. The van der Waals surface area contributed by atoms with Gasteiger partial charge in [-0.2, -0.15) is 8.42 Å². The number of thioether (sulfide) groups is 1. The first kappa shape index (κ1) is 20.1. The van der Waals surface area contributed by atoms with Gasteiger partial charge in [0.05, 0.1) is 4.90 Å². The topological polar surface area (TPSA) is 66.8 Å². The van der Waals surface area contributed by atoms with Crippen molar-refractivity contribution in [3.05, 3.63) is 66.0 Å². The van der Waals surface area contributed by atoms with E-state index in [9.17, 15) is 17.6 Å². The Morgan fingerprint density at radius 1 is 0.966 bits per heavy atom. The molecule has 1 atom stereocenters. The van der Waals surface area contributed by atoms with Crippen molar-refractivity contribution < 1.29 is 17.6 Å². The van der Waals surface area contributed by atoms with Crippen LogP contribution < -0.4 is 0 Å². The molecule has 4 rings (SSSR count). The van der Waals surface area contributed by atoms with Crippen molar-refractivity contribution in [2.45, 2.75) is 48.3 Å². The highest BCUT2D eigenvalue weighted by atomic mass is 32.2. The number of amides is 1. The van der Waals surface area contributed by atoms with E-state index >= 15 is 0 Å². The van der Waals surface area contributed by atoms with Crippen molar-refractivity contribution in [1.29, 1.82) is 0 Å². The lowest BCUT2D eigenvalue weighted by Gasteiger charge is -2.30. The fourth-order valence-corrected chi connectivity index (χ4v) is 6.19. The fraction of sp³-hybridized carbons (Fsp3) is 0.333. The van der Waals surface area contributed by atoms with Gasteiger partial charge < -0.3 is 0 Å². The summed E-state index contributed by atoms with van der Waals surface area (Å²) in [6.45, 7) is 0. The number of sulfonamides is 1. The standard InChI is InChI=1S/C21H21FN2O3S2/c22-16-11-13-18(14-12-16)29(26,27)23-21-24(17-9-5-2-6-10-17)20(25)19(28-21)15-7-3-1-4-8-15/h1,3-4,7-8,11-14,17,19H,2,5-6,9-10H2/t19-/m1/s1. The van der Waals surface area contributed by atoms with E-state index in [-0.39, 0.29) is 22.0 Å². The van der Waals surface area contributed by atoms with Gasteiger partial charge in [-0.25, -0.2) is 4.39 Å². The van der Waals surface area contributed by atoms with Gasteiger partial charge in [-0.05, 0) is 42.7 Å². The number of benzene rings is 2. The minimum Gasteiger partial charge on any atom is -0.286 e. The maximum absolute atomic E-state index is 13.3. The zero-order chi connectivity index (χ0) is 20.4. The summed E-state index contributed by atoms with van der Waals surface area (Å²) in [6, 6.07) is 13.8. The van der Waals surface area contributed by atoms with Gasteiger partial charge in [-0.1, -0.05) is 61.4 Å². The first-order valence-corrected chi connectivity index (χ1v) is 11.9. The Morgan fingerprint density at radius 2 is 1.62 bits per heavy atom. The number of rotatable bonds is 4. The molecule has 1 aliphatic heterocycles. The van der Waals surface area contributed by atoms with Gasteiger partial charge in [0.25, 0.3) is 10.0 Å². The maximum atomic E-state index is 13.3. The summed E-state index contributed by atoms with van der Waals surface area (Å²) in [4.78, 5) is 14.8. The lowest BCUT2D eigenvalue weighted by atomic mass is 9.94. The highest BCUT2D eigenvalue weighted by Gasteiger charge is 2.43. The van der Waals surface area contributed by atoms with Crippen LogP contribution in [-0.4, -0.2) is 30.4 Å². The van der Waals surface area contributed by atoms with Crippen LogP contribution in [0.4, 0.5) is 4.39 Å². The first-order valence-electron chi connectivity index (χ1n) is 9.61. The van der Waals surface area contributed by atoms with Gasteiger partial charge in [-0.3, -0.25) is 9.69 Å². The molecule has 0 aromatic heterocycles. The van der Waals surface area contributed by atoms with Crippen molar-refractivity contribution in [3.63, 3.8) is 0 Å². The Morgan fingerprint density at radius 3 is 2.28 bits per heavy atom. The number of hydrogen-bond acceptors (Lipinski definition) is 4. The molecule has 8 heteroatoms. The smallest absolute Gasteiger partial charge is 0.284 e. The average Bonchev–Trinajstić information content (AvgIpc) is 3.05. The molecule has 1 saturated heterocycles. The molecule has 2 aromatic carbocycles. The van der Waals surface area contributed by atoms with E-state index in [4.69, 9.17) is 0 Å². The molecule has 0 unspecified atom stereocenters. The van der Waals surface area contributed by atoms with Crippen LogP contribution in [0.3, 0.4) is 0 Å². The van der Waals surface area contributed by atoms with Crippen LogP contribution in [0.15, 0.2) is 63.9 Å². The molecular weight excluding hydrogens is 411 g/mol. The molecule has 1 aliphatic carbocycles. The van der Waals surface area contributed by atoms with Crippen molar-refractivity contribution in [2.75, 3.05) is 0 Å². The molecule has 0 N–H and O–H groups in total. The Labute approximate surface area is 174 Å². The molecule has 5 nitrogen and oxygen atoms in total. The normalized spacial score (nSPS) is 22.4. The molecule has 0 bridgehead atoms. The molecule has 0 radical (unpaired) electrons. The number of carbonyl (C=O) groups excluding carboxylic acids is 1. The molecule has 152 valence electrons. The zero-order valence-electron chi connectivity index (χ0n) is 15.7. The number of halogens is 1. The molecular formula is C21H21FN2O3S2. The average molecular weight is 433 g/mol. The minimum absolute atomic E-state index is 0.0420. The highest BCUT2D eigenvalue weighted by molar-refractivity contribution is 8.15. The van der Waals surface area contributed by atoms with Gasteiger partial charge in [0.15, 0.2) is 5.17 Å². The van der Waals surface area contributed by atoms with E-state index in [1.165, 1.54) is 23.9 Å². The van der Waals surface area contributed by atoms with Gasteiger partial charge in [0.2, 0.25) is 5.91 Å². The van der Waals surface area contributed by atoms with E-state index in [1.807, 2.05) is 30.3 Å². The Kier molecular flexibility index (Phi) is 5.74. The summed E-state index contributed by atoms with van der Waals surface area (Å²) in [5.41, 5.74) is 0.827. The number of hydrogen-bond donors (Lipinski definition) is 0.